The Morgan fingerprint density at radius 2 is 1.71 bits per heavy atom. The van der Waals surface area contributed by atoms with Crippen LogP contribution >= 0.6 is 0 Å². The third kappa shape index (κ3) is 3.60. The average molecular weight is 285 g/mol. The smallest absolute Gasteiger partial charge is 0.269 e. The molecule has 4 nitrogen and oxygen atoms in total. The maximum absolute atomic E-state index is 11.0. The van der Waals surface area contributed by atoms with Crippen LogP contribution in [0.2, 0.25) is 0 Å². The lowest BCUT2D eigenvalue weighted by Crippen LogP contribution is -2.14. The van der Waals surface area contributed by atoms with Crippen LogP contribution in [-0.4, -0.2) is 10.0 Å². The Morgan fingerprint density at radius 3 is 2.24 bits per heavy atom. The predicted molar refractivity (Wildman–Crippen MR) is 82.7 cm³/mol. The molecule has 0 saturated carbocycles. The number of aromatic hydroxyl groups is 1. The fraction of sp³-hybridized carbons (Fsp3) is 0.294. The minimum Gasteiger partial charge on any atom is -0.508 e. The summed E-state index contributed by atoms with van der Waals surface area (Å²) in [6.45, 7) is 6.28. The molecular formula is C17H19NO3. The van der Waals surface area contributed by atoms with Crippen molar-refractivity contribution < 1.29 is 10.0 Å². The number of nitrogens with zero attached hydrogens (tertiary/aromatic N) is 1. The molecule has 0 saturated heterocycles. The van der Waals surface area contributed by atoms with Crippen LogP contribution in [0.1, 0.15) is 37.5 Å². The van der Waals surface area contributed by atoms with Gasteiger partial charge in [0.1, 0.15) is 5.75 Å². The van der Waals surface area contributed by atoms with E-state index in [1.54, 1.807) is 24.3 Å². The fourth-order valence-corrected chi connectivity index (χ4v) is 2.41. The van der Waals surface area contributed by atoms with Gasteiger partial charge < -0.3 is 5.11 Å². The van der Waals surface area contributed by atoms with E-state index in [1.807, 2.05) is 18.2 Å². The molecule has 0 spiro atoms. The molecular weight excluding hydrogens is 266 g/mol. The summed E-state index contributed by atoms with van der Waals surface area (Å²) < 4.78 is 0. The van der Waals surface area contributed by atoms with Crippen LogP contribution in [0.15, 0.2) is 42.5 Å². The lowest BCUT2D eigenvalue weighted by Gasteiger charge is -2.23. The van der Waals surface area contributed by atoms with Gasteiger partial charge >= 0.3 is 0 Å². The van der Waals surface area contributed by atoms with Gasteiger partial charge in [-0.15, -0.1) is 0 Å². The number of benzene rings is 2. The molecule has 0 aliphatic heterocycles. The second kappa shape index (κ2) is 5.56. The van der Waals surface area contributed by atoms with Crippen LogP contribution < -0.4 is 0 Å². The van der Waals surface area contributed by atoms with E-state index < -0.39 is 0 Å². The Bertz CT molecular complexity index is 655. The number of hydrogen-bond donors (Lipinski definition) is 1. The van der Waals surface area contributed by atoms with E-state index in [-0.39, 0.29) is 21.8 Å². The lowest BCUT2D eigenvalue weighted by atomic mass is 9.82. The van der Waals surface area contributed by atoms with Crippen LogP contribution in [0.4, 0.5) is 5.69 Å². The van der Waals surface area contributed by atoms with E-state index in [2.05, 4.69) is 20.8 Å². The van der Waals surface area contributed by atoms with Crippen molar-refractivity contribution in [2.24, 2.45) is 0 Å². The molecule has 0 unspecified atom stereocenters. The molecule has 110 valence electrons. The van der Waals surface area contributed by atoms with Gasteiger partial charge in [-0.25, -0.2) is 0 Å². The molecule has 0 radical (unpaired) electrons. The van der Waals surface area contributed by atoms with Gasteiger partial charge in [0.25, 0.3) is 5.69 Å². The molecule has 0 aliphatic rings. The molecule has 1 N–H and O–H groups in total. The Kier molecular flexibility index (Phi) is 3.98. The van der Waals surface area contributed by atoms with E-state index in [1.165, 1.54) is 0 Å². The highest BCUT2D eigenvalue weighted by molar-refractivity contribution is 5.45. The highest BCUT2D eigenvalue weighted by Gasteiger charge is 2.20. The highest BCUT2D eigenvalue weighted by Crippen LogP contribution is 2.30. The third-order valence-electron chi connectivity index (χ3n) is 3.44. The van der Waals surface area contributed by atoms with Crippen molar-refractivity contribution in [3.63, 3.8) is 0 Å². The molecule has 0 heterocycles. The second-order valence-electron chi connectivity index (χ2n) is 6.19. The molecule has 0 bridgehead atoms. The van der Waals surface area contributed by atoms with E-state index >= 15 is 0 Å². The summed E-state index contributed by atoms with van der Waals surface area (Å²) in [5, 5.41) is 20.3. The predicted octanol–water partition coefficient (Wildman–Crippen LogP) is 4.19. The van der Waals surface area contributed by atoms with Gasteiger partial charge in [-0.1, -0.05) is 39.0 Å². The van der Waals surface area contributed by atoms with Gasteiger partial charge in [0.05, 0.1) is 4.92 Å². The first-order valence-electron chi connectivity index (χ1n) is 6.83. The summed E-state index contributed by atoms with van der Waals surface area (Å²) in [6.07, 6.45) is 0.606. The molecule has 0 atom stereocenters. The molecule has 0 fully saturated rings. The number of phenolic OH excluding ortho intramolecular Hbond substituents is 1. The summed E-state index contributed by atoms with van der Waals surface area (Å²) in [5.74, 6) is 0.217. The molecule has 0 aromatic heterocycles. The maximum atomic E-state index is 11.0. The number of nitro benzene ring substituents is 1. The minimum atomic E-state index is -0.368. The summed E-state index contributed by atoms with van der Waals surface area (Å²) in [6, 6.07) is 12.0. The first kappa shape index (κ1) is 15.0. The molecule has 2 rings (SSSR count). The highest BCUT2D eigenvalue weighted by atomic mass is 16.6. The SMILES string of the molecule is CC(C)(C)c1ccc([N+](=O)[O-])cc1Cc1ccc(O)cc1. The quantitative estimate of drug-likeness (QED) is 0.679. The van der Waals surface area contributed by atoms with Crippen molar-refractivity contribution in [3.8, 4) is 5.75 Å². The zero-order valence-electron chi connectivity index (χ0n) is 12.5. The topological polar surface area (TPSA) is 63.4 Å². The fourth-order valence-electron chi connectivity index (χ4n) is 2.41. The van der Waals surface area contributed by atoms with Crippen molar-refractivity contribution >= 4 is 5.69 Å². The van der Waals surface area contributed by atoms with Crippen molar-refractivity contribution in [2.45, 2.75) is 32.6 Å². The average Bonchev–Trinajstić information content (AvgIpc) is 2.40. The van der Waals surface area contributed by atoms with Gasteiger partial charge in [0, 0.05) is 12.1 Å². The Hall–Kier alpha value is -2.36. The third-order valence-corrected chi connectivity index (χ3v) is 3.44. The minimum absolute atomic E-state index is 0.0820. The summed E-state index contributed by atoms with van der Waals surface area (Å²) in [5.41, 5.74) is 3.08. The maximum Gasteiger partial charge on any atom is 0.269 e. The second-order valence-corrected chi connectivity index (χ2v) is 6.19. The van der Waals surface area contributed by atoms with Gasteiger partial charge in [-0.2, -0.15) is 0 Å². The van der Waals surface area contributed by atoms with Crippen LogP contribution in [0.5, 0.6) is 5.75 Å². The number of phenols is 1. The number of non-ortho nitro benzene ring substituents is 1. The van der Waals surface area contributed by atoms with E-state index in [4.69, 9.17) is 0 Å². The van der Waals surface area contributed by atoms with Gasteiger partial charge in [-0.05, 0) is 40.7 Å². The standard InChI is InChI=1S/C17H19NO3/c1-17(2,3)16-9-6-14(18(20)21)11-13(16)10-12-4-7-15(19)8-5-12/h4-9,11,19H,10H2,1-3H3. The number of nitro groups is 1. The van der Waals surface area contributed by atoms with Crippen molar-refractivity contribution in [2.75, 3.05) is 0 Å². The molecule has 0 aliphatic carbocycles. The van der Waals surface area contributed by atoms with E-state index in [0.29, 0.717) is 6.42 Å². The molecule has 4 heteroatoms. The van der Waals surface area contributed by atoms with Crippen molar-refractivity contribution in [1.29, 1.82) is 0 Å². The van der Waals surface area contributed by atoms with Gasteiger partial charge in [0.15, 0.2) is 0 Å². The molecule has 2 aromatic rings. The zero-order valence-corrected chi connectivity index (χ0v) is 12.5. The first-order chi connectivity index (χ1) is 9.77. The number of rotatable bonds is 3. The van der Waals surface area contributed by atoms with E-state index in [9.17, 15) is 15.2 Å². The monoisotopic (exact) mass is 285 g/mol. The Labute approximate surface area is 124 Å². The Morgan fingerprint density at radius 1 is 1.10 bits per heavy atom. The first-order valence-corrected chi connectivity index (χ1v) is 6.83. The molecule has 21 heavy (non-hydrogen) atoms. The van der Waals surface area contributed by atoms with Crippen LogP contribution in [-0.2, 0) is 11.8 Å². The van der Waals surface area contributed by atoms with E-state index in [0.717, 1.165) is 16.7 Å². The molecule has 0 amide bonds. The summed E-state index contributed by atoms with van der Waals surface area (Å²) in [4.78, 5) is 10.6. The summed E-state index contributed by atoms with van der Waals surface area (Å²) in [7, 11) is 0. The number of hydrogen-bond acceptors (Lipinski definition) is 3. The van der Waals surface area contributed by atoms with Crippen LogP contribution in [0.25, 0.3) is 0 Å². The van der Waals surface area contributed by atoms with Crippen LogP contribution in [0.3, 0.4) is 0 Å². The van der Waals surface area contributed by atoms with Crippen molar-refractivity contribution in [1.82, 2.24) is 0 Å². The Balaban J connectivity index is 2.45. The molecule has 2 aromatic carbocycles. The van der Waals surface area contributed by atoms with Gasteiger partial charge in [0.2, 0.25) is 0 Å². The largest absolute Gasteiger partial charge is 0.508 e. The zero-order chi connectivity index (χ0) is 15.6. The normalized spacial score (nSPS) is 11.4. The van der Waals surface area contributed by atoms with Crippen molar-refractivity contribution in [3.05, 3.63) is 69.3 Å². The summed E-state index contributed by atoms with van der Waals surface area (Å²) >= 11 is 0. The van der Waals surface area contributed by atoms with Crippen LogP contribution in [0, 0.1) is 10.1 Å². The lowest BCUT2D eigenvalue weighted by molar-refractivity contribution is -0.384. The van der Waals surface area contributed by atoms with Gasteiger partial charge in [-0.3, -0.25) is 10.1 Å².